The molecule has 0 saturated heterocycles. The molecule has 1 unspecified atom stereocenters. The summed E-state index contributed by atoms with van der Waals surface area (Å²) >= 11 is 0. The molecule has 0 saturated carbocycles. The number of methoxy groups -OCH3 is 1. The van der Waals surface area contributed by atoms with Crippen LogP contribution in [-0.2, 0) is 11.3 Å². The van der Waals surface area contributed by atoms with Crippen molar-refractivity contribution < 1.29 is 14.3 Å². The van der Waals surface area contributed by atoms with Gasteiger partial charge in [-0.3, -0.25) is 4.79 Å². The summed E-state index contributed by atoms with van der Waals surface area (Å²) in [7, 11) is 1.54. The van der Waals surface area contributed by atoms with Crippen LogP contribution in [0.25, 0.3) is 0 Å². The third-order valence-electron chi connectivity index (χ3n) is 3.77. The van der Waals surface area contributed by atoms with Crippen LogP contribution in [0, 0.1) is 6.92 Å². The second-order valence-electron chi connectivity index (χ2n) is 5.61. The summed E-state index contributed by atoms with van der Waals surface area (Å²) in [6, 6.07) is 9.96. The minimum absolute atomic E-state index is 0.0946. The van der Waals surface area contributed by atoms with Crippen LogP contribution in [0.1, 0.15) is 29.2 Å². The Kier molecular flexibility index (Phi) is 6.33. The number of nitrogens with zero attached hydrogens (tertiary/aromatic N) is 1. The number of urea groups is 1. The molecule has 0 aliphatic heterocycles. The van der Waals surface area contributed by atoms with Gasteiger partial charge in [0.15, 0.2) is 0 Å². The number of carbonyl (C=O) groups is 2. The van der Waals surface area contributed by atoms with E-state index in [0.717, 1.165) is 16.7 Å². The van der Waals surface area contributed by atoms with Crippen LogP contribution < -0.4 is 21.1 Å². The zero-order valence-electron chi connectivity index (χ0n) is 14.3. The third-order valence-corrected chi connectivity index (χ3v) is 3.77. The fraction of sp³-hybridized carbons (Fsp3) is 0.278. The molecule has 0 bridgehead atoms. The van der Waals surface area contributed by atoms with Gasteiger partial charge in [0.2, 0.25) is 11.8 Å². The fourth-order valence-corrected chi connectivity index (χ4v) is 2.48. The van der Waals surface area contributed by atoms with Crippen molar-refractivity contribution in [1.29, 1.82) is 0 Å². The molecule has 1 aromatic heterocycles. The molecule has 7 heteroatoms. The van der Waals surface area contributed by atoms with Crippen molar-refractivity contribution >= 4 is 11.9 Å². The second kappa shape index (κ2) is 8.68. The number of pyridine rings is 1. The van der Waals surface area contributed by atoms with Gasteiger partial charge in [-0.15, -0.1) is 0 Å². The van der Waals surface area contributed by atoms with Crippen molar-refractivity contribution in [3.05, 3.63) is 59.3 Å². The van der Waals surface area contributed by atoms with E-state index in [4.69, 9.17) is 10.5 Å². The Morgan fingerprint density at radius 3 is 2.60 bits per heavy atom. The molecule has 1 heterocycles. The summed E-state index contributed by atoms with van der Waals surface area (Å²) in [5, 5.41) is 5.45. The number of nitrogens with two attached hydrogens (primary N) is 1. The molecule has 1 atom stereocenters. The highest BCUT2D eigenvalue weighted by atomic mass is 16.5. The zero-order valence-corrected chi connectivity index (χ0v) is 14.3. The quantitative estimate of drug-likeness (QED) is 0.713. The van der Waals surface area contributed by atoms with Crippen LogP contribution in [0.3, 0.4) is 0 Å². The van der Waals surface area contributed by atoms with Gasteiger partial charge in [0.1, 0.15) is 0 Å². The van der Waals surface area contributed by atoms with Gasteiger partial charge in [-0.2, -0.15) is 0 Å². The lowest BCUT2D eigenvalue weighted by atomic mass is 9.98. The van der Waals surface area contributed by atoms with Crippen LogP contribution in [-0.4, -0.2) is 24.0 Å². The summed E-state index contributed by atoms with van der Waals surface area (Å²) < 4.78 is 4.99. The Labute approximate surface area is 146 Å². The highest BCUT2D eigenvalue weighted by Gasteiger charge is 2.18. The van der Waals surface area contributed by atoms with E-state index in [2.05, 4.69) is 15.6 Å². The Morgan fingerprint density at radius 2 is 2.00 bits per heavy atom. The Morgan fingerprint density at radius 1 is 1.24 bits per heavy atom. The number of benzene rings is 1. The topological polar surface area (TPSA) is 106 Å². The van der Waals surface area contributed by atoms with Gasteiger partial charge >= 0.3 is 6.03 Å². The first kappa shape index (κ1) is 18.3. The van der Waals surface area contributed by atoms with Crippen LogP contribution in [0.4, 0.5) is 4.79 Å². The molecule has 25 heavy (non-hydrogen) atoms. The number of carbonyl (C=O) groups excluding carboxylic acids is 2. The number of rotatable bonds is 7. The number of ether oxygens (including phenoxy) is 1. The molecule has 3 amide bonds. The molecule has 0 aliphatic carbocycles. The number of primary amides is 1. The summed E-state index contributed by atoms with van der Waals surface area (Å²) in [4.78, 5) is 27.6. The molecule has 0 spiro atoms. The third kappa shape index (κ3) is 5.49. The van der Waals surface area contributed by atoms with Crippen LogP contribution in [0.2, 0.25) is 0 Å². The van der Waals surface area contributed by atoms with E-state index in [9.17, 15) is 9.59 Å². The summed E-state index contributed by atoms with van der Waals surface area (Å²) in [6.07, 6.45) is 1.73. The molecule has 7 nitrogen and oxygen atoms in total. The van der Waals surface area contributed by atoms with E-state index < -0.39 is 12.1 Å². The number of aromatic nitrogens is 1. The van der Waals surface area contributed by atoms with Crippen molar-refractivity contribution in [3.63, 3.8) is 0 Å². The van der Waals surface area contributed by atoms with E-state index in [-0.39, 0.29) is 12.3 Å². The molecule has 2 rings (SSSR count). The minimum Gasteiger partial charge on any atom is -0.481 e. The second-order valence-corrected chi connectivity index (χ2v) is 5.61. The van der Waals surface area contributed by atoms with Crippen LogP contribution in [0.5, 0.6) is 5.88 Å². The van der Waals surface area contributed by atoms with E-state index in [1.54, 1.807) is 19.4 Å². The minimum atomic E-state index is -0.666. The van der Waals surface area contributed by atoms with E-state index >= 15 is 0 Å². The molecule has 4 N–H and O–H groups in total. The molecule has 0 radical (unpaired) electrons. The lowest BCUT2D eigenvalue weighted by Crippen LogP contribution is -2.36. The first-order valence-corrected chi connectivity index (χ1v) is 7.86. The molecule has 0 aliphatic rings. The van der Waals surface area contributed by atoms with E-state index in [1.165, 1.54) is 0 Å². The zero-order chi connectivity index (χ0) is 18.2. The summed E-state index contributed by atoms with van der Waals surface area (Å²) in [5.41, 5.74) is 7.94. The largest absolute Gasteiger partial charge is 0.481 e. The van der Waals surface area contributed by atoms with Gasteiger partial charge < -0.3 is 21.1 Å². The van der Waals surface area contributed by atoms with Crippen LogP contribution >= 0.6 is 0 Å². The lowest BCUT2D eigenvalue weighted by Gasteiger charge is -2.19. The highest BCUT2D eigenvalue weighted by molar-refractivity contribution is 5.78. The molecule has 1 aromatic carbocycles. The SMILES string of the molecule is COc1ccc(CNC(=O)CC(NC(N)=O)c2ccccc2C)cn1. The predicted molar refractivity (Wildman–Crippen MR) is 93.9 cm³/mol. The Balaban J connectivity index is 1.99. The number of amides is 3. The van der Waals surface area contributed by atoms with E-state index in [0.29, 0.717) is 12.4 Å². The van der Waals surface area contributed by atoms with Gasteiger partial charge in [-0.05, 0) is 23.6 Å². The first-order valence-electron chi connectivity index (χ1n) is 7.86. The Bertz CT molecular complexity index is 731. The van der Waals surface area contributed by atoms with E-state index in [1.807, 2.05) is 37.3 Å². The fourth-order valence-electron chi connectivity index (χ4n) is 2.48. The van der Waals surface area contributed by atoms with Crippen molar-refractivity contribution in [2.75, 3.05) is 7.11 Å². The van der Waals surface area contributed by atoms with Gasteiger partial charge in [0.25, 0.3) is 0 Å². The van der Waals surface area contributed by atoms with Gasteiger partial charge in [0.05, 0.1) is 19.6 Å². The van der Waals surface area contributed by atoms with Gasteiger partial charge in [-0.1, -0.05) is 30.3 Å². The van der Waals surface area contributed by atoms with Crippen LogP contribution in [0.15, 0.2) is 42.6 Å². The smallest absolute Gasteiger partial charge is 0.312 e. The highest BCUT2D eigenvalue weighted by Crippen LogP contribution is 2.20. The average molecular weight is 342 g/mol. The van der Waals surface area contributed by atoms with Crippen molar-refractivity contribution in [1.82, 2.24) is 15.6 Å². The first-order chi connectivity index (χ1) is 12.0. The standard InChI is InChI=1S/C18H22N4O3/c1-12-5-3-4-6-14(12)15(22-18(19)24)9-16(23)20-10-13-7-8-17(25-2)21-11-13/h3-8,11,15H,9-10H2,1-2H3,(H,20,23)(H3,19,22,24). The summed E-state index contributed by atoms with van der Waals surface area (Å²) in [5.74, 6) is 0.318. The van der Waals surface area contributed by atoms with Gasteiger partial charge in [-0.25, -0.2) is 9.78 Å². The normalized spacial score (nSPS) is 11.4. The number of aryl methyl sites for hydroxylation is 1. The maximum Gasteiger partial charge on any atom is 0.312 e. The average Bonchev–Trinajstić information content (AvgIpc) is 2.60. The number of hydrogen-bond donors (Lipinski definition) is 3. The predicted octanol–water partition coefficient (Wildman–Crippen LogP) is 1.81. The molecule has 2 aromatic rings. The van der Waals surface area contributed by atoms with Crippen molar-refractivity contribution in [3.8, 4) is 5.88 Å². The van der Waals surface area contributed by atoms with Crippen molar-refractivity contribution in [2.24, 2.45) is 5.73 Å². The molecular weight excluding hydrogens is 320 g/mol. The monoisotopic (exact) mass is 342 g/mol. The molecule has 132 valence electrons. The molecular formula is C18H22N4O3. The summed E-state index contributed by atoms with van der Waals surface area (Å²) in [6.45, 7) is 2.26. The molecule has 0 fully saturated rings. The van der Waals surface area contributed by atoms with Gasteiger partial charge in [0, 0.05) is 18.8 Å². The number of hydrogen-bond acceptors (Lipinski definition) is 4. The number of nitrogens with one attached hydrogen (secondary N) is 2. The maximum absolute atomic E-state index is 12.3. The Hall–Kier alpha value is -3.09. The van der Waals surface area contributed by atoms with Crippen molar-refractivity contribution in [2.45, 2.75) is 25.9 Å². The maximum atomic E-state index is 12.3. The lowest BCUT2D eigenvalue weighted by molar-refractivity contribution is -0.121.